The third-order valence-corrected chi connectivity index (χ3v) is 6.41. The van der Waals surface area contributed by atoms with E-state index in [1.165, 1.54) is 30.0 Å². The molecule has 2 aromatic heterocycles. The van der Waals surface area contributed by atoms with Crippen LogP contribution < -0.4 is 16.6 Å². The van der Waals surface area contributed by atoms with Crippen molar-refractivity contribution in [2.75, 3.05) is 18.4 Å². The van der Waals surface area contributed by atoms with Gasteiger partial charge >= 0.3 is 5.69 Å². The van der Waals surface area contributed by atoms with E-state index in [9.17, 15) is 14.4 Å². The average molecular weight is 453 g/mol. The van der Waals surface area contributed by atoms with Crippen molar-refractivity contribution in [1.29, 1.82) is 0 Å². The molecule has 1 aromatic carbocycles. The lowest BCUT2D eigenvalue weighted by atomic mass is 10.00. The molecule has 0 radical (unpaired) electrons. The Hall–Kier alpha value is -3.20. The molecule has 9 nitrogen and oxygen atoms in total. The predicted octanol–water partition coefficient (Wildman–Crippen LogP) is 2.08. The second-order valence-corrected chi connectivity index (χ2v) is 9.15. The zero-order chi connectivity index (χ0) is 23.5. The second-order valence-electron chi connectivity index (χ2n) is 9.15. The van der Waals surface area contributed by atoms with E-state index >= 15 is 0 Å². The molecule has 4 rings (SSSR count). The number of amides is 1. The number of piperidine rings is 1. The zero-order valence-corrected chi connectivity index (χ0v) is 19.6. The van der Waals surface area contributed by atoms with Crippen LogP contribution in [0.5, 0.6) is 0 Å². The van der Waals surface area contributed by atoms with E-state index in [-0.39, 0.29) is 11.5 Å². The summed E-state index contributed by atoms with van der Waals surface area (Å²) >= 11 is 0. The number of carbonyl (C=O) groups is 1. The van der Waals surface area contributed by atoms with Gasteiger partial charge in [0.05, 0.1) is 6.33 Å². The monoisotopic (exact) mass is 452 g/mol. The Balaban J connectivity index is 1.30. The van der Waals surface area contributed by atoms with E-state index < -0.39 is 5.69 Å². The number of rotatable bonds is 7. The van der Waals surface area contributed by atoms with Gasteiger partial charge in [-0.15, -0.1) is 0 Å². The SMILES string of the molecule is CC1CCCN(Cc2ccc(NC(=O)CCCn3cnc4c3c(=O)n(C)c(=O)n4C)cc2)C1. The lowest BCUT2D eigenvalue weighted by molar-refractivity contribution is -0.116. The van der Waals surface area contributed by atoms with E-state index in [0.717, 1.165) is 35.8 Å². The fraction of sp³-hybridized carbons (Fsp3) is 0.500. The van der Waals surface area contributed by atoms with Gasteiger partial charge in [0.15, 0.2) is 11.2 Å². The van der Waals surface area contributed by atoms with Gasteiger partial charge in [-0.05, 0) is 49.4 Å². The van der Waals surface area contributed by atoms with Crippen LogP contribution in [0.15, 0.2) is 40.2 Å². The number of hydrogen-bond donors (Lipinski definition) is 1. The number of benzene rings is 1. The summed E-state index contributed by atoms with van der Waals surface area (Å²) in [6, 6.07) is 8.06. The second kappa shape index (κ2) is 9.74. The number of aromatic nitrogens is 4. The minimum absolute atomic E-state index is 0.0719. The van der Waals surface area contributed by atoms with Gasteiger partial charge in [-0.2, -0.15) is 0 Å². The van der Waals surface area contributed by atoms with Crippen LogP contribution in [0.2, 0.25) is 0 Å². The number of fused-ring (bicyclic) bond motifs is 1. The van der Waals surface area contributed by atoms with Crippen LogP contribution in [0.1, 0.15) is 38.2 Å². The lowest BCUT2D eigenvalue weighted by Crippen LogP contribution is -2.37. The van der Waals surface area contributed by atoms with Crippen molar-refractivity contribution < 1.29 is 4.79 Å². The number of aryl methyl sites for hydroxylation is 2. The molecule has 3 heterocycles. The maximum absolute atomic E-state index is 12.5. The van der Waals surface area contributed by atoms with Crippen molar-refractivity contribution in [3.8, 4) is 0 Å². The summed E-state index contributed by atoms with van der Waals surface area (Å²) in [5, 5.41) is 2.95. The summed E-state index contributed by atoms with van der Waals surface area (Å²) in [7, 11) is 3.04. The molecule has 0 spiro atoms. The first-order valence-corrected chi connectivity index (χ1v) is 11.6. The van der Waals surface area contributed by atoms with Crippen molar-refractivity contribution in [2.45, 2.75) is 45.7 Å². The summed E-state index contributed by atoms with van der Waals surface area (Å²) in [5.41, 5.74) is 1.98. The maximum atomic E-state index is 12.5. The predicted molar refractivity (Wildman–Crippen MR) is 128 cm³/mol. The fourth-order valence-electron chi connectivity index (χ4n) is 4.58. The minimum atomic E-state index is -0.409. The summed E-state index contributed by atoms with van der Waals surface area (Å²) in [6.07, 6.45) is 4.99. The molecule has 9 heteroatoms. The van der Waals surface area contributed by atoms with Gasteiger partial charge in [-0.25, -0.2) is 9.78 Å². The number of carbonyl (C=O) groups excluding carboxylic acids is 1. The van der Waals surface area contributed by atoms with Crippen LogP contribution in [0.3, 0.4) is 0 Å². The number of nitrogens with zero attached hydrogens (tertiary/aromatic N) is 5. The highest BCUT2D eigenvalue weighted by atomic mass is 16.2. The van der Waals surface area contributed by atoms with Crippen LogP contribution in [-0.4, -0.2) is 42.6 Å². The Morgan fingerprint density at radius 3 is 2.64 bits per heavy atom. The first-order chi connectivity index (χ1) is 15.8. The molecule has 1 aliphatic rings. The number of imidazole rings is 1. The van der Waals surface area contributed by atoms with E-state index in [4.69, 9.17) is 0 Å². The minimum Gasteiger partial charge on any atom is -0.326 e. The molecule has 1 aliphatic heterocycles. The Labute approximate surface area is 192 Å². The summed E-state index contributed by atoms with van der Waals surface area (Å²) in [5.74, 6) is 0.685. The molecule has 33 heavy (non-hydrogen) atoms. The van der Waals surface area contributed by atoms with Crippen LogP contribution >= 0.6 is 0 Å². The Bertz CT molecular complexity index is 1250. The smallest absolute Gasteiger partial charge is 0.326 e. The van der Waals surface area contributed by atoms with E-state index in [2.05, 4.69) is 34.3 Å². The van der Waals surface area contributed by atoms with Crippen LogP contribution in [-0.2, 0) is 32.0 Å². The quantitative estimate of drug-likeness (QED) is 0.592. The van der Waals surface area contributed by atoms with Crippen molar-refractivity contribution in [3.63, 3.8) is 0 Å². The first kappa shape index (κ1) is 23.0. The summed E-state index contributed by atoms with van der Waals surface area (Å²) in [6.45, 7) is 6.01. The Morgan fingerprint density at radius 1 is 1.15 bits per heavy atom. The zero-order valence-electron chi connectivity index (χ0n) is 19.6. The average Bonchev–Trinajstić information content (AvgIpc) is 3.22. The maximum Gasteiger partial charge on any atom is 0.332 e. The number of hydrogen-bond acceptors (Lipinski definition) is 5. The van der Waals surface area contributed by atoms with Crippen molar-refractivity contribution in [3.05, 3.63) is 57.0 Å². The topological polar surface area (TPSA) is 94.2 Å². The molecule has 0 bridgehead atoms. The molecule has 1 unspecified atom stereocenters. The van der Waals surface area contributed by atoms with Gasteiger partial charge in [-0.3, -0.25) is 23.6 Å². The highest BCUT2D eigenvalue weighted by Crippen LogP contribution is 2.19. The van der Waals surface area contributed by atoms with E-state index in [0.29, 0.717) is 30.6 Å². The molecule has 1 fully saturated rings. The highest BCUT2D eigenvalue weighted by molar-refractivity contribution is 5.90. The van der Waals surface area contributed by atoms with Crippen LogP contribution in [0, 0.1) is 5.92 Å². The van der Waals surface area contributed by atoms with Gasteiger partial charge in [0.1, 0.15) is 0 Å². The Kier molecular flexibility index (Phi) is 6.78. The van der Waals surface area contributed by atoms with E-state index in [1.54, 1.807) is 17.9 Å². The normalized spacial score (nSPS) is 16.9. The molecule has 1 saturated heterocycles. The summed E-state index contributed by atoms with van der Waals surface area (Å²) < 4.78 is 4.14. The molecule has 0 aliphatic carbocycles. The molecule has 1 N–H and O–H groups in total. The van der Waals surface area contributed by atoms with Gasteiger partial charge in [0.2, 0.25) is 5.91 Å². The molecule has 1 amide bonds. The van der Waals surface area contributed by atoms with E-state index in [1.807, 2.05) is 12.1 Å². The van der Waals surface area contributed by atoms with Gasteiger partial charge < -0.3 is 9.88 Å². The fourth-order valence-corrected chi connectivity index (χ4v) is 4.58. The lowest BCUT2D eigenvalue weighted by Gasteiger charge is -2.30. The molecule has 176 valence electrons. The third kappa shape index (κ3) is 5.08. The number of likely N-dealkylation sites (tertiary alicyclic amines) is 1. The molecule has 1 atom stereocenters. The van der Waals surface area contributed by atoms with Gasteiger partial charge in [0, 0.05) is 45.8 Å². The molecule has 3 aromatic rings. The van der Waals surface area contributed by atoms with Crippen molar-refractivity contribution in [1.82, 2.24) is 23.6 Å². The van der Waals surface area contributed by atoms with Crippen LogP contribution in [0.25, 0.3) is 11.2 Å². The van der Waals surface area contributed by atoms with Gasteiger partial charge in [-0.1, -0.05) is 19.1 Å². The first-order valence-electron chi connectivity index (χ1n) is 11.6. The van der Waals surface area contributed by atoms with Crippen LogP contribution in [0.4, 0.5) is 5.69 Å². The molecular weight excluding hydrogens is 420 g/mol. The number of anilines is 1. The molecular formula is C24H32N6O3. The standard InChI is InChI=1S/C24H32N6O3/c1-17-6-4-12-29(14-17)15-18-8-10-19(11-9-18)26-20(31)7-5-13-30-16-25-22-21(30)23(32)28(3)24(33)27(22)2/h8-11,16-17H,4-7,12-15H2,1-3H3,(H,26,31). The third-order valence-electron chi connectivity index (χ3n) is 6.41. The summed E-state index contributed by atoms with van der Waals surface area (Å²) in [4.78, 5) is 43.7. The molecule has 0 saturated carbocycles. The van der Waals surface area contributed by atoms with Crippen molar-refractivity contribution >= 4 is 22.8 Å². The highest BCUT2D eigenvalue weighted by Gasteiger charge is 2.16. The number of nitrogens with one attached hydrogen (secondary N) is 1. The Morgan fingerprint density at radius 2 is 1.91 bits per heavy atom. The van der Waals surface area contributed by atoms with Crippen molar-refractivity contribution in [2.24, 2.45) is 20.0 Å². The van der Waals surface area contributed by atoms with Gasteiger partial charge in [0.25, 0.3) is 5.56 Å². The largest absolute Gasteiger partial charge is 0.332 e.